The van der Waals surface area contributed by atoms with E-state index in [-0.39, 0.29) is 17.3 Å². The molecule has 5 aromatic carbocycles. The lowest BCUT2D eigenvalue weighted by atomic mass is 9.78. The van der Waals surface area contributed by atoms with Crippen molar-refractivity contribution in [3.63, 3.8) is 0 Å². The van der Waals surface area contributed by atoms with Crippen molar-refractivity contribution in [1.82, 2.24) is 9.88 Å². The summed E-state index contributed by atoms with van der Waals surface area (Å²) in [5.41, 5.74) is 8.03. The predicted molar refractivity (Wildman–Crippen MR) is 182 cm³/mol. The second-order valence-corrected chi connectivity index (χ2v) is 10.7. The summed E-state index contributed by atoms with van der Waals surface area (Å²) in [6.07, 6.45) is 0. The first kappa shape index (κ1) is 29.5. The Balaban J connectivity index is 1.97. The molecule has 0 bridgehead atoms. The highest BCUT2D eigenvalue weighted by Gasteiger charge is 2.30. The number of amides is 1. The molecular formula is C40H34N2O3. The van der Waals surface area contributed by atoms with Gasteiger partial charge >= 0.3 is 5.97 Å². The fourth-order valence-corrected chi connectivity index (χ4v) is 6.11. The van der Waals surface area contributed by atoms with Gasteiger partial charge in [-0.3, -0.25) is 4.79 Å². The van der Waals surface area contributed by atoms with E-state index >= 15 is 0 Å². The first-order valence-electron chi connectivity index (χ1n) is 15.2. The number of hydrogen-bond donors (Lipinski definition) is 0. The monoisotopic (exact) mass is 590 g/mol. The normalized spacial score (nSPS) is 10.9. The molecular weight excluding hydrogens is 556 g/mol. The molecule has 1 heterocycles. The number of methoxy groups -OCH3 is 1. The minimum atomic E-state index is -0.598. The van der Waals surface area contributed by atoms with E-state index in [4.69, 9.17) is 9.72 Å². The van der Waals surface area contributed by atoms with Crippen LogP contribution in [0.15, 0.2) is 127 Å². The van der Waals surface area contributed by atoms with Crippen molar-refractivity contribution in [2.75, 3.05) is 20.2 Å². The van der Waals surface area contributed by atoms with E-state index in [0.717, 1.165) is 49.9 Å². The molecule has 1 amide bonds. The van der Waals surface area contributed by atoms with Crippen LogP contribution in [0, 0.1) is 0 Å². The van der Waals surface area contributed by atoms with Crippen molar-refractivity contribution in [3.05, 3.63) is 139 Å². The molecule has 45 heavy (non-hydrogen) atoms. The predicted octanol–water partition coefficient (Wildman–Crippen LogP) is 9.17. The van der Waals surface area contributed by atoms with Gasteiger partial charge in [0.05, 0.1) is 7.11 Å². The van der Waals surface area contributed by atoms with Crippen LogP contribution in [0.2, 0.25) is 0 Å². The average Bonchev–Trinajstić information content (AvgIpc) is 3.11. The Bertz CT molecular complexity index is 1970. The Hall–Kier alpha value is -5.55. The summed E-state index contributed by atoms with van der Waals surface area (Å²) in [5.74, 6) is -0.836. The summed E-state index contributed by atoms with van der Waals surface area (Å²) in [5, 5.41) is 1.45. The SMILES string of the molecule is CCN(CC)C(=O)c1nc(C(=O)OC)cc2c(-c3ccccc3)c(-c3ccccc3)c(-c3ccccc3)c(-c3ccccc3)c12. The highest BCUT2D eigenvalue weighted by Crippen LogP contribution is 2.51. The number of hydrogen-bond acceptors (Lipinski definition) is 4. The van der Waals surface area contributed by atoms with Gasteiger partial charge in [-0.05, 0) is 64.2 Å². The zero-order chi connectivity index (χ0) is 31.3. The Kier molecular flexibility index (Phi) is 8.52. The Labute approximate surface area is 263 Å². The molecule has 0 aliphatic rings. The lowest BCUT2D eigenvalue weighted by molar-refractivity contribution is 0.0594. The number of rotatable bonds is 8. The molecule has 0 radical (unpaired) electrons. The summed E-state index contributed by atoms with van der Waals surface area (Å²) in [7, 11) is 1.33. The van der Waals surface area contributed by atoms with E-state index in [2.05, 4.69) is 48.5 Å². The molecule has 222 valence electrons. The van der Waals surface area contributed by atoms with E-state index in [9.17, 15) is 9.59 Å². The molecule has 6 rings (SSSR count). The van der Waals surface area contributed by atoms with Gasteiger partial charge in [0.2, 0.25) is 0 Å². The van der Waals surface area contributed by atoms with Gasteiger partial charge in [0.15, 0.2) is 0 Å². The third kappa shape index (κ3) is 5.49. The minimum Gasteiger partial charge on any atom is -0.464 e. The number of nitrogens with zero attached hydrogens (tertiary/aromatic N) is 2. The van der Waals surface area contributed by atoms with Gasteiger partial charge < -0.3 is 9.64 Å². The highest BCUT2D eigenvalue weighted by atomic mass is 16.5. The smallest absolute Gasteiger partial charge is 0.356 e. The van der Waals surface area contributed by atoms with Crippen LogP contribution >= 0.6 is 0 Å². The number of ether oxygens (including phenoxy) is 1. The molecule has 0 saturated carbocycles. The first-order chi connectivity index (χ1) is 22.1. The van der Waals surface area contributed by atoms with Crippen LogP contribution < -0.4 is 0 Å². The Morgan fingerprint density at radius 2 is 1.00 bits per heavy atom. The van der Waals surface area contributed by atoms with E-state index in [0.29, 0.717) is 18.5 Å². The molecule has 5 heteroatoms. The van der Waals surface area contributed by atoms with Gasteiger partial charge in [-0.15, -0.1) is 0 Å². The summed E-state index contributed by atoms with van der Waals surface area (Å²) >= 11 is 0. The molecule has 0 saturated heterocycles. The fourth-order valence-electron chi connectivity index (χ4n) is 6.11. The number of carbonyl (C=O) groups is 2. The van der Waals surface area contributed by atoms with Crippen molar-refractivity contribution in [2.45, 2.75) is 13.8 Å². The summed E-state index contributed by atoms with van der Waals surface area (Å²) in [6.45, 7) is 4.90. The van der Waals surface area contributed by atoms with Crippen LogP contribution in [0.3, 0.4) is 0 Å². The highest BCUT2D eigenvalue weighted by molar-refractivity contribution is 6.23. The molecule has 0 atom stereocenters. The fraction of sp³-hybridized carbons (Fsp3) is 0.125. The van der Waals surface area contributed by atoms with Crippen LogP contribution in [-0.4, -0.2) is 42.0 Å². The van der Waals surface area contributed by atoms with Crippen LogP contribution in [0.1, 0.15) is 34.8 Å². The number of pyridine rings is 1. The van der Waals surface area contributed by atoms with Crippen LogP contribution in [0.4, 0.5) is 0 Å². The van der Waals surface area contributed by atoms with E-state index in [1.807, 2.05) is 86.6 Å². The van der Waals surface area contributed by atoms with E-state index in [1.54, 1.807) is 11.0 Å². The minimum absolute atomic E-state index is 0.0863. The largest absolute Gasteiger partial charge is 0.464 e. The van der Waals surface area contributed by atoms with Crippen LogP contribution in [0.25, 0.3) is 55.3 Å². The van der Waals surface area contributed by atoms with Gasteiger partial charge in [-0.25, -0.2) is 9.78 Å². The van der Waals surface area contributed by atoms with Crippen molar-refractivity contribution >= 4 is 22.6 Å². The second kappa shape index (κ2) is 13.0. The summed E-state index contributed by atoms with van der Waals surface area (Å²) in [4.78, 5) is 34.1. The quantitative estimate of drug-likeness (QED) is 0.166. The van der Waals surface area contributed by atoms with Gasteiger partial charge in [-0.2, -0.15) is 0 Å². The molecule has 0 spiro atoms. The number of carbonyl (C=O) groups excluding carboxylic acids is 2. The zero-order valence-electron chi connectivity index (χ0n) is 25.7. The molecule has 0 aliphatic carbocycles. The molecule has 0 fully saturated rings. The molecule has 0 aliphatic heterocycles. The summed E-state index contributed by atoms with van der Waals surface area (Å²) in [6, 6.07) is 42.7. The standard InChI is InChI=1S/C40H34N2O3/c1-4-42(5-2)39(43)38-37-31(26-32(41-38)40(44)45-3)33(27-18-10-6-11-19-27)34(28-20-12-7-13-21-28)35(29-22-14-8-15-23-29)36(37)30-24-16-9-17-25-30/h6-26H,4-5H2,1-3H3. The van der Waals surface area contributed by atoms with Gasteiger partial charge in [0.25, 0.3) is 5.91 Å². The number of fused-ring (bicyclic) bond motifs is 1. The first-order valence-corrected chi connectivity index (χ1v) is 15.2. The molecule has 5 nitrogen and oxygen atoms in total. The Morgan fingerprint density at radius 3 is 1.42 bits per heavy atom. The van der Waals surface area contributed by atoms with Gasteiger partial charge in [-0.1, -0.05) is 121 Å². The number of benzene rings is 5. The summed E-state index contributed by atoms with van der Waals surface area (Å²) < 4.78 is 5.18. The molecule has 0 N–H and O–H groups in total. The van der Waals surface area contributed by atoms with Crippen molar-refractivity contribution in [2.24, 2.45) is 0 Å². The van der Waals surface area contributed by atoms with Crippen molar-refractivity contribution < 1.29 is 14.3 Å². The average molecular weight is 591 g/mol. The number of aromatic nitrogens is 1. The maximum atomic E-state index is 14.4. The maximum Gasteiger partial charge on any atom is 0.356 e. The lowest BCUT2D eigenvalue weighted by Gasteiger charge is -2.26. The van der Waals surface area contributed by atoms with E-state index < -0.39 is 5.97 Å². The maximum absolute atomic E-state index is 14.4. The molecule has 0 unspecified atom stereocenters. The van der Waals surface area contributed by atoms with Crippen LogP contribution in [-0.2, 0) is 4.74 Å². The molecule has 6 aromatic rings. The van der Waals surface area contributed by atoms with Crippen LogP contribution in [0.5, 0.6) is 0 Å². The number of esters is 1. The van der Waals surface area contributed by atoms with Gasteiger partial charge in [0.1, 0.15) is 11.4 Å². The topological polar surface area (TPSA) is 59.5 Å². The Morgan fingerprint density at radius 1 is 0.600 bits per heavy atom. The van der Waals surface area contributed by atoms with Gasteiger partial charge in [0, 0.05) is 24.0 Å². The van der Waals surface area contributed by atoms with E-state index in [1.165, 1.54) is 7.11 Å². The molecule has 1 aromatic heterocycles. The lowest BCUT2D eigenvalue weighted by Crippen LogP contribution is -2.32. The second-order valence-electron chi connectivity index (χ2n) is 10.7. The third-order valence-corrected chi connectivity index (χ3v) is 8.19. The van der Waals surface area contributed by atoms with Crippen molar-refractivity contribution in [1.29, 1.82) is 0 Å². The third-order valence-electron chi connectivity index (χ3n) is 8.19. The zero-order valence-corrected chi connectivity index (χ0v) is 25.7. The van der Waals surface area contributed by atoms with Crippen molar-refractivity contribution in [3.8, 4) is 44.5 Å².